The van der Waals surface area contributed by atoms with Gasteiger partial charge in [0.05, 0.1) is 24.9 Å². The van der Waals surface area contributed by atoms with Crippen LogP contribution in [0.25, 0.3) is 0 Å². The van der Waals surface area contributed by atoms with E-state index in [4.69, 9.17) is 0 Å². The fraction of sp³-hybridized carbons (Fsp3) is 0.350. The van der Waals surface area contributed by atoms with Crippen molar-refractivity contribution in [2.45, 2.75) is 26.2 Å². The number of carbonyl (C=O) groups is 1. The summed E-state index contributed by atoms with van der Waals surface area (Å²) in [6.45, 7) is 4.28. The first-order valence-electron chi connectivity index (χ1n) is 8.76. The molecule has 0 aliphatic rings. The Morgan fingerprint density at radius 3 is 2.48 bits per heavy atom. The lowest BCUT2D eigenvalue weighted by Crippen LogP contribution is -2.39. The first-order chi connectivity index (χ1) is 12.7. The van der Waals surface area contributed by atoms with Crippen LogP contribution in [0, 0.1) is 5.82 Å². The van der Waals surface area contributed by atoms with Crippen molar-refractivity contribution in [3.63, 3.8) is 0 Å². The Kier molecular flexibility index (Phi) is 6.96. The molecule has 0 heterocycles. The molecule has 0 saturated carbocycles. The molecule has 0 aliphatic carbocycles. The predicted octanol–water partition coefficient (Wildman–Crippen LogP) is 3.07. The lowest BCUT2D eigenvalue weighted by atomic mass is 10.0. The number of hydrogen-bond donors (Lipinski definition) is 1. The number of anilines is 1. The smallest absolute Gasteiger partial charge is 0.232 e. The molecule has 0 radical (unpaired) electrons. The zero-order valence-electron chi connectivity index (χ0n) is 15.8. The third kappa shape index (κ3) is 6.06. The number of amides is 1. The average Bonchev–Trinajstić information content (AvgIpc) is 2.57. The zero-order chi connectivity index (χ0) is 20.0. The van der Waals surface area contributed by atoms with Gasteiger partial charge in [-0.05, 0) is 35.2 Å². The first-order valence-corrected chi connectivity index (χ1v) is 10.6. The van der Waals surface area contributed by atoms with Crippen LogP contribution in [0.15, 0.2) is 48.5 Å². The van der Waals surface area contributed by atoms with Gasteiger partial charge in [0.25, 0.3) is 0 Å². The van der Waals surface area contributed by atoms with Gasteiger partial charge in [-0.3, -0.25) is 9.10 Å². The van der Waals surface area contributed by atoms with Crippen molar-refractivity contribution >= 4 is 21.6 Å². The van der Waals surface area contributed by atoms with Gasteiger partial charge in [0.15, 0.2) is 0 Å². The fourth-order valence-corrected chi connectivity index (χ4v) is 3.81. The second kappa shape index (κ2) is 8.99. The maximum absolute atomic E-state index is 13.2. The predicted molar refractivity (Wildman–Crippen MR) is 106 cm³/mol. The third-order valence-electron chi connectivity index (χ3n) is 4.12. The SMILES string of the molecule is CC(C)c1ccccc1N(CCNC(=O)Cc1cccc(F)c1)S(C)(=O)=O. The van der Waals surface area contributed by atoms with Crippen LogP contribution in [0.2, 0.25) is 0 Å². The van der Waals surface area contributed by atoms with E-state index in [1.54, 1.807) is 24.3 Å². The Morgan fingerprint density at radius 2 is 1.85 bits per heavy atom. The van der Waals surface area contributed by atoms with Crippen molar-refractivity contribution in [2.24, 2.45) is 0 Å². The summed E-state index contributed by atoms with van der Waals surface area (Å²) < 4.78 is 39.1. The second-order valence-corrected chi connectivity index (χ2v) is 8.61. The standard InChI is InChI=1S/C20H25FN2O3S/c1-15(2)18-9-4-5-10-19(18)23(27(3,25)26)12-11-22-20(24)14-16-7-6-8-17(21)13-16/h4-10,13,15H,11-12,14H2,1-3H3,(H,22,24). The lowest BCUT2D eigenvalue weighted by Gasteiger charge is -2.26. The highest BCUT2D eigenvalue weighted by Gasteiger charge is 2.21. The number of rotatable bonds is 8. The van der Waals surface area contributed by atoms with Gasteiger partial charge < -0.3 is 5.32 Å². The zero-order valence-corrected chi connectivity index (χ0v) is 16.6. The van der Waals surface area contributed by atoms with E-state index in [2.05, 4.69) is 5.32 Å². The minimum absolute atomic E-state index is 0.0409. The number of carbonyl (C=O) groups excluding carboxylic acids is 1. The highest BCUT2D eigenvalue weighted by Crippen LogP contribution is 2.28. The Hall–Kier alpha value is -2.41. The van der Waals surface area contributed by atoms with Crippen LogP contribution in [-0.2, 0) is 21.2 Å². The van der Waals surface area contributed by atoms with Crippen LogP contribution >= 0.6 is 0 Å². The normalized spacial score (nSPS) is 11.4. The highest BCUT2D eigenvalue weighted by molar-refractivity contribution is 7.92. The lowest BCUT2D eigenvalue weighted by molar-refractivity contribution is -0.120. The molecule has 7 heteroatoms. The van der Waals surface area contributed by atoms with Crippen LogP contribution in [0.3, 0.4) is 0 Å². The van der Waals surface area contributed by atoms with Crippen molar-refractivity contribution < 1.29 is 17.6 Å². The van der Waals surface area contributed by atoms with E-state index in [-0.39, 0.29) is 31.3 Å². The number of benzene rings is 2. The van der Waals surface area contributed by atoms with Crippen molar-refractivity contribution in [3.8, 4) is 0 Å². The Morgan fingerprint density at radius 1 is 1.15 bits per heavy atom. The molecule has 2 aromatic carbocycles. The van der Waals surface area contributed by atoms with E-state index in [1.165, 1.54) is 16.4 Å². The fourth-order valence-electron chi connectivity index (χ4n) is 2.86. The Balaban J connectivity index is 2.05. The monoisotopic (exact) mass is 392 g/mol. The maximum atomic E-state index is 13.2. The molecule has 1 N–H and O–H groups in total. The van der Waals surface area contributed by atoms with Crippen molar-refractivity contribution in [2.75, 3.05) is 23.7 Å². The molecule has 0 fully saturated rings. The molecule has 2 aromatic rings. The van der Waals surface area contributed by atoms with Gasteiger partial charge in [0.1, 0.15) is 5.82 Å². The van der Waals surface area contributed by atoms with Crippen molar-refractivity contribution in [1.82, 2.24) is 5.32 Å². The molecule has 27 heavy (non-hydrogen) atoms. The molecule has 0 saturated heterocycles. The Bertz CT molecular complexity index is 898. The van der Waals surface area contributed by atoms with Gasteiger partial charge in [0.2, 0.25) is 15.9 Å². The minimum Gasteiger partial charge on any atom is -0.354 e. The molecule has 0 aromatic heterocycles. The number of nitrogens with zero attached hydrogens (tertiary/aromatic N) is 1. The molecule has 5 nitrogen and oxygen atoms in total. The van der Waals surface area contributed by atoms with E-state index in [0.29, 0.717) is 11.3 Å². The van der Waals surface area contributed by atoms with Gasteiger partial charge in [-0.1, -0.05) is 44.2 Å². The van der Waals surface area contributed by atoms with Gasteiger partial charge in [0, 0.05) is 6.54 Å². The van der Waals surface area contributed by atoms with Gasteiger partial charge in [-0.25, -0.2) is 12.8 Å². The topological polar surface area (TPSA) is 66.5 Å². The van der Waals surface area contributed by atoms with Crippen LogP contribution in [0.1, 0.15) is 30.9 Å². The largest absolute Gasteiger partial charge is 0.354 e. The molecule has 0 unspecified atom stereocenters. The summed E-state index contributed by atoms with van der Waals surface area (Å²) in [5.74, 6) is -0.520. The number of halogens is 1. The van der Waals surface area contributed by atoms with Crippen molar-refractivity contribution in [1.29, 1.82) is 0 Å². The molecular weight excluding hydrogens is 367 g/mol. The van der Waals surface area contributed by atoms with Crippen LogP contribution in [0.5, 0.6) is 0 Å². The second-order valence-electron chi connectivity index (χ2n) is 6.71. The van der Waals surface area contributed by atoms with Crippen LogP contribution in [-0.4, -0.2) is 33.7 Å². The van der Waals surface area contributed by atoms with Gasteiger partial charge in [-0.2, -0.15) is 0 Å². The number of sulfonamides is 1. The summed E-state index contributed by atoms with van der Waals surface area (Å²) in [5, 5.41) is 2.70. The van der Waals surface area contributed by atoms with E-state index < -0.39 is 15.8 Å². The average molecular weight is 392 g/mol. The molecule has 1 amide bonds. The molecule has 0 spiro atoms. The summed E-state index contributed by atoms with van der Waals surface area (Å²) >= 11 is 0. The number of nitrogens with one attached hydrogen (secondary N) is 1. The van der Waals surface area contributed by atoms with Crippen LogP contribution < -0.4 is 9.62 Å². The summed E-state index contributed by atoms with van der Waals surface area (Å²) in [4.78, 5) is 12.1. The molecule has 0 atom stereocenters. The summed E-state index contributed by atoms with van der Waals surface area (Å²) in [6, 6.07) is 13.2. The van der Waals surface area contributed by atoms with Gasteiger partial charge >= 0.3 is 0 Å². The summed E-state index contributed by atoms with van der Waals surface area (Å²) in [6.07, 6.45) is 1.19. The summed E-state index contributed by atoms with van der Waals surface area (Å²) in [7, 11) is -3.50. The molecular formula is C20H25FN2O3S. The van der Waals surface area contributed by atoms with Crippen LogP contribution in [0.4, 0.5) is 10.1 Å². The summed E-state index contributed by atoms with van der Waals surface area (Å²) in [5.41, 5.74) is 2.11. The first kappa shape index (κ1) is 20.9. The van der Waals surface area contributed by atoms with Gasteiger partial charge in [-0.15, -0.1) is 0 Å². The van der Waals surface area contributed by atoms with E-state index in [9.17, 15) is 17.6 Å². The van der Waals surface area contributed by atoms with E-state index in [1.807, 2.05) is 26.0 Å². The van der Waals surface area contributed by atoms with Crippen molar-refractivity contribution in [3.05, 3.63) is 65.5 Å². The Labute approximate surface area is 160 Å². The quantitative estimate of drug-likeness (QED) is 0.751. The number of hydrogen-bond acceptors (Lipinski definition) is 3. The molecule has 146 valence electrons. The number of para-hydroxylation sites is 1. The van der Waals surface area contributed by atoms with E-state index >= 15 is 0 Å². The molecule has 2 rings (SSSR count). The minimum atomic E-state index is -3.50. The molecule has 0 aliphatic heterocycles. The molecule has 0 bridgehead atoms. The third-order valence-corrected chi connectivity index (χ3v) is 5.30. The highest BCUT2D eigenvalue weighted by atomic mass is 32.2. The van der Waals surface area contributed by atoms with E-state index in [0.717, 1.165) is 11.8 Å². The maximum Gasteiger partial charge on any atom is 0.232 e.